The minimum atomic E-state index is -0.506. The molecule has 1 unspecified atom stereocenters. The maximum atomic E-state index is 13.6. The Morgan fingerprint density at radius 2 is 1.90 bits per heavy atom. The van der Waals surface area contributed by atoms with Crippen molar-refractivity contribution in [2.24, 2.45) is 5.84 Å². The largest absolute Gasteiger partial charge is 0.459 e. The van der Waals surface area contributed by atoms with E-state index in [9.17, 15) is 4.39 Å². The van der Waals surface area contributed by atoms with Gasteiger partial charge in [0.1, 0.15) is 23.2 Å². The first kappa shape index (κ1) is 14.4. The summed E-state index contributed by atoms with van der Waals surface area (Å²) in [6, 6.07) is 11.1. The summed E-state index contributed by atoms with van der Waals surface area (Å²) in [7, 11) is 0. The van der Waals surface area contributed by atoms with Crippen molar-refractivity contribution in [3.63, 3.8) is 0 Å². The van der Waals surface area contributed by atoms with Crippen molar-refractivity contribution in [1.82, 2.24) is 5.43 Å². The lowest BCUT2D eigenvalue weighted by atomic mass is 10.0. The van der Waals surface area contributed by atoms with Gasteiger partial charge in [-0.1, -0.05) is 29.3 Å². The summed E-state index contributed by atoms with van der Waals surface area (Å²) in [4.78, 5) is 0. The second kappa shape index (κ2) is 5.66. The number of benzene rings is 2. The molecule has 1 heterocycles. The number of hydrogen-bond donors (Lipinski definition) is 2. The third-order valence-electron chi connectivity index (χ3n) is 3.23. The maximum absolute atomic E-state index is 13.6. The van der Waals surface area contributed by atoms with Gasteiger partial charge in [-0.2, -0.15) is 0 Å². The van der Waals surface area contributed by atoms with Gasteiger partial charge in [0.25, 0.3) is 0 Å². The van der Waals surface area contributed by atoms with Crippen LogP contribution in [0.1, 0.15) is 17.4 Å². The molecule has 0 saturated carbocycles. The first-order valence-corrected chi connectivity index (χ1v) is 6.94. The van der Waals surface area contributed by atoms with E-state index in [4.69, 9.17) is 33.5 Å². The summed E-state index contributed by atoms with van der Waals surface area (Å²) < 4.78 is 19.3. The molecule has 3 N–H and O–H groups in total. The van der Waals surface area contributed by atoms with Crippen LogP contribution in [-0.2, 0) is 0 Å². The second-order valence-electron chi connectivity index (χ2n) is 4.60. The second-order valence-corrected chi connectivity index (χ2v) is 5.45. The average molecular weight is 325 g/mol. The molecule has 6 heteroatoms. The molecule has 3 nitrogen and oxygen atoms in total. The van der Waals surface area contributed by atoms with Gasteiger partial charge < -0.3 is 4.42 Å². The summed E-state index contributed by atoms with van der Waals surface area (Å²) in [6.07, 6.45) is 0. The molecule has 0 bridgehead atoms. The Morgan fingerprint density at radius 3 is 2.62 bits per heavy atom. The van der Waals surface area contributed by atoms with E-state index in [0.717, 1.165) is 5.39 Å². The Morgan fingerprint density at radius 1 is 1.10 bits per heavy atom. The zero-order chi connectivity index (χ0) is 15.0. The number of furan rings is 1. The lowest BCUT2D eigenvalue weighted by Crippen LogP contribution is -2.28. The van der Waals surface area contributed by atoms with Crippen molar-refractivity contribution in [2.75, 3.05) is 0 Å². The molecule has 3 rings (SSSR count). The van der Waals surface area contributed by atoms with E-state index >= 15 is 0 Å². The van der Waals surface area contributed by atoms with Crippen LogP contribution in [0.5, 0.6) is 0 Å². The molecule has 1 atom stereocenters. The fourth-order valence-electron chi connectivity index (χ4n) is 2.21. The van der Waals surface area contributed by atoms with Crippen molar-refractivity contribution in [2.45, 2.75) is 6.04 Å². The number of halogens is 3. The highest BCUT2D eigenvalue weighted by Crippen LogP contribution is 2.30. The molecule has 21 heavy (non-hydrogen) atoms. The van der Waals surface area contributed by atoms with E-state index in [-0.39, 0.29) is 5.02 Å². The van der Waals surface area contributed by atoms with Gasteiger partial charge in [-0.25, -0.2) is 9.82 Å². The number of nitrogens with one attached hydrogen (secondary N) is 1. The van der Waals surface area contributed by atoms with Crippen molar-refractivity contribution in [3.8, 4) is 0 Å². The molecule has 0 aliphatic rings. The number of hydrazine groups is 1. The fraction of sp³-hybridized carbons (Fsp3) is 0.0667. The third-order valence-corrected chi connectivity index (χ3v) is 3.77. The average Bonchev–Trinajstić information content (AvgIpc) is 2.86. The van der Waals surface area contributed by atoms with Crippen LogP contribution in [0.3, 0.4) is 0 Å². The van der Waals surface area contributed by atoms with Gasteiger partial charge in [-0.05, 0) is 42.0 Å². The Labute approximate surface area is 130 Å². The van der Waals surface area contributed by atoms with Crippen LogP contribution in [0, 0.1) is 5.82 Å². The fourth-order valence-corrected chi connectivity index (χ4v) is 2.51. The molecule has 108 valence electrons. The molecule has 0 radical (unpaired) electrons. The van der Waals surface area contributed by atoms with Gasteiger partial charge in [0, 0.05) is 10.4 Å². The lowest BCUT2D eigenvalue weighted by molar-refractivity contribution is 0.475. The minimum absolute atomic E-state index is 0.0610. The number of nitrogens with two attached hydrogens (primary N) is 1. The van der Waals surface area contributed by atoms with Crippen LogP contribution < -0.4 is 11.3 Å². The molecule has 0 aliphatic carbocycles. The molecule has 0 saturated heterocycles. The number of hydrogen-bond acceptors (Lipinski definition) is 3. The lowest BCUT2D eigenvalue weighted by Gasteiger charge is -2.14. The summed E-state index contributed by atoms with van der Waals surface area (Å²) in [5.41, 5.74) is 3.92. The normalized spacial score (nSPS) is 12.8. The van der Waals surface area contributed by atoms with E-state index in [1.807, 2.05) is 6.07 Å². The smallest absolute Gasteiger partial charge is 0.142 e. The predicted octanol–water partition coefficient (Wildman–Crippen LogP) is 4.43. The van der Waals surface area contributed by atoms with Crippen LogP contribution >= 0.6 is 23.2 Å². The van der Waals surface area contributed by atoms with Crippen LogP contribution in [-0.4, -0.2) is 0 Å². The maximum Gasteiger partial charge on any atom is 0.142 e. The van der Waals surface area contributed by atoms with Crippen LogP contribution in [0.25, 0.3) is 11.0 Å². The van der Waals surface area contributed by atoms with E-state index in [1.54, 1.807) is 24.3 Å². The van der Waals surface area contributed by atoms with E-state index in [2.05, 4.69) is 5.43 Å². The molecular formula is C15H11Cl2FN2O. The Kier molecular flexibility index (Phi) is 3.87. The van der Waals surface area contributed by atoms with E-state index in [0.29, 0.717) is 21.9 Å². The van der Waals surface area contributed by atoms with E-state index in [1.165, 1.54) is 12.1 Å². The zero-order valence-corrected chi connectivity index (χ0v) is 12.3. The third kappa shape index (κ3) is 2.76. The van der Waals surface area contributed by atoms with Gasteiger partial charge in [0.2, 0.25) is 0 Å². The molecule has 0 amide bonds. The van der Waals surface area contributed by atoms with Crippen molar-refractivity contribution < 1.29 is 8.81 Å². The molecule has 0 fully saturated rings. The van der Waals surface area contributed by atoms with Crippen LogP contribution in [0.15, 0.2) is 46.9 Å². The first-order chi connectivity index (χ1) is 10.1. The van der Waals surface area contributed by atoms with Crippen molar-refractivity contribution in [1.29, 1.82) is 0 Å². The van der Waals surface area contributed by atoms with E-state index < -0.39 is 11.9 Å². The Hall–Kier alpha value is -1.59. The van der Waals surface area contributed by atoms with Gasteiger partial charge in [-0.15, -0.1) is 0 Å². The van der Waals surface area contributed by atoms with Gasteiger partial charge in [0.05, 0.1) is 5.02 Å². The highest BCUT2D eigenvalue weighted by atomic mass is 35.5. The zero-order valence-electron chi connectivity index (χ0n) is 10.7. The molecular weight excluding hydrogens is 314 g/mol. The van der Waals surface area contributed by atoms with Crippen LogP contribution in [0.2, 0.25) is 10.0 Å². The number of rotatable bonds is 3. The molecule has 1 aromatic heterocycles. The molecule has 0 aliphatic heterocycles. The Bertz CT molecular complexity index is 803. The van der Waals surface area contributed by atoms with Crippen LogP contribution in [0.4, 0.5) is 4.39 Å². The predicted molar refractivity (Wildman–Crippen MR) is 81.8 cm³/mol. The highest BCUT2D eigenvalue weighted by Gasteiger charge is 2.18. The van der Waals surface area contributed by atoms with Gasteiger partial charge in [-0.3, -0.25) is 5.84 Å². The summed E-state index contributed by atoms with van der Waals surface area (Å²) >= 11 is 11.6. The SMILES string of the molecule is NNC(c1ccc(Cl)c(F)c1)c1cc2cc(Cl)ccc2o1. The highest BCUT2D eigenvalue weighted by molar-refractivity contribution is 6.31. The topological polar surface area (TPSA) is 51.2 Å². The van der Waals surface area contributed by atoms with Crippen molar-refractivity contribution in [3.05, 3.63) is 69.7 Å². The standard InChI is InChI=1S/C15H11Cl2FN2O/c16-10-2-4-13-9(5-10)7-14(21-13)15(20-19)8-1-3-11(17)12(18)6-8/h1-7,15,20H,19H2. The molecule has 0 spiro atoms. The summed E-state index contributed by atoms with van der Waals surface area (Å²) in [5, 5.41) is 1.53. The van der Waals surface area contributed by atoms with Crippen molar-refractivity contribution >= 4 is 34.2 Å². The Balaban J connectivity index is 2.06. The molecule has 3 aromatic rings. The van der Waals surface area contributed by atoms with Gasteiger partial charge in [0.15, 0.2) is 0 Å². The quantitative estimate of drug-likeness (QED) is 0.553. The summed E-state index contributed by atoms with van der Waals surface area (Å²) in [6.45, 7) is 0. The first-order valence-electron chi connectivity index (χ1n) is 6.18. The number of fused-ring (bicyclic) bond motifs is 1. The molecule has 2 aromatic carbocycles. The minimum Gasteiger partial charge on any atom is -0.459 e. The monoisotopic (exact) mass is 324 g/mol. The van der Waals surface area contributed by atoms with Gasteiger partial charge >= 0.3 is 0 Å². The summed E-state index contributed by atoms with van der Waals surface area (Å²) in [5.74, 6) is 5.65.